The van der Waals surface area contributed by atoms with Gasteiger partial charge in [0.05, 0.1) is 12.0 Å². The van der Waals surface area contributed by atoms with Gasteiger partial charge in [0.2, 0.25) is 5.91 Å². The predicted molar refractivity (Wildman–Crippen MR) is 96.2 cm³/mol. The number of carbonyl (C=O) groups excluding carboxylic acids is 1. The molecule has 0 aromatic heterocycles. The zero-order valence-corrected chi connectivity index (χ0v) is 14.5. The topological polar surface area (TPSA) is 72.7 Å². The number of methoxy groups -OCH3 is 1. The van der Waals surface area contributed by atoms with Crippen LogP contribution in [0.2, 0.25) is 0 Å². The number of amides is 1. The Kier molecular flexibility index (Phi) is 6.43. The second-order valence-electron chi connectivity index (χ2n) is 5.51. The van der Waals surface area contributed by atoms with Crippen molar-refractivity contribution in [2.75, 3.05) is 13.7 Å². The summed E-state index contributed by atoms with van der Waals surface area (Å²) in [4.78, 5) is 24.2. The lowest BCUT2D eigenvalue weighted by Crippen LogP contribution is -2.28. The molecule has 0 atom stereocenters. The zero-order valence-electron chi connectivity index (χ0n) is 14.5. The molecule has 0 N–H and O–H groups in total. The Balaban J connectivity index is 2.09. The molecule has 2 rings (SSSR count). The van der Waals surface area contributed by atoms with Crippen LogP contribution < -0.4 is 4.74 Å². The summed E-state index contributed by atoms with van der Waals surface area (Å²) < 4.78 is 18.7. The van der Waals surface area contributed by atoms with E-state index in [-0.39, 0.29) is 23.9 Å². The standard InChI is InChI=1S/C19H19FN2O4/c1-3-21(13-15-7-9-18(26-2)17(20)12-15)19(23)10-8-14-5-4-6-16(11-14)22(24)25/h4-12H,3,13H2,1-2H3/b10-8+. The number of benzene rings is 2. The summed E-state index contributed by atoms with van der Waals surface area (Å²) in [6, 6.07) is 10.5. The number of non-ortho nitro benzene ring substituents is 1. The van der Waals surface area contributed by atoms with Crippen molar-refractivity contribution in [3.05, 3.63) is 75.6 Å². The van der Waals surface area contributed by atoms with Gasteiger partial charge in [-0.3, -0.25) is 14.9 Å². The van der Waals surface area contributed by atoms with Crippen molar-refractivity contribution in [3.8, 4) is 5.75 Å². The summed E-state index contributed by atoms with van der Waals surface area (Å²) in [5, 5.41) is 10.8. The molecule has 0 spiro atoms. The molecule has 0 unspecified atom stereocenters. The average Bonchev–Trinajstić information content (AvgIpc) is 2.64. The molecule has 1 amide bonds. The molecule has 0 aliphatic rings. The summed E-state index contributed by atoms with van der Waals surface area (Å²) in [5.41, 5.74) is 1.15. The molecule has 0 radical (unpaired) electrons. The van der Waals surface area contributed by atoms with Crippen LogP contribution in [0.4, 0.5) is 10.1 Å². The minimum atomic E-state index is -0.490. The first-order valence-corrected chi connectivity index (χ1v) is 7.98. The highest BCUT2D eigenvalue weighted by Gasteiger charge is 2.11. The molecular weight excluding hydrogens is 339 g/mol. The molecule has 0 aliphatic heterocycles. The Morgan fingerprint density at radius 3 is 2.69 bits per heavy atom. The highest BCUT2D eigenvalue weighted by atomic mass is 19.1. The number of likely N-dealkylation sites (N-methyl/N-ethyl adjacent to an activating group) is 1. The van der Waals surface area contributed by atoms with E-state index in [9.17, 15) is 19.3 Å². The third kappa shape index (κ3) is 4.89. The largest absolute Gasteiger partial charge is 0.494 e. The van der Waals surface area contributed by atoms with Gasteiger partial charge in [0.15, 0.2) is 11.6 Å². The lowest BCUT2D eigenvalue weighted by molar-refractivity contribution is -0.384. The highest BCUT2D eigenvalue weighted by molar-refractivity contribution is 5.91. The number of nitro groups is 1. The van der Waals surface area contributed by atoms with Crippen LogP contribution in [-0.2, 0) is 11.3 Å². The Hall–Kier alpha value is -3.22. The Bertz CT molecular complexity index is 836. The Morgan fingerprint density at radius 2 is 2.08 bits per heavy atom. The van der Waals surface area contributed by atoms with Crippen molar-refractivity contribution >= 4 is 17.7 Å². The molecule has 0 saturated heterocycles. The second kappa shape index (κ2) is 8.75. The minimum absolute atomic E-state index is 0.0411. The third-order valence-electron chi connectivity index (χ3n) is 3.78. The van der Waals surface area contributed by atoms with E-state index < -0.39 is 10.7 Å². The summed E-state index contributed by atoms with van der Waals surface area (Å²) in [7, 11) is 1.39. The van der Waals surface area contributed by atoms with Crippen LogP contribution in [0.1, 0.15) is 18.1 Å². The van der Waals surface area contributed by atoms with E-state index in [0.717, 1.165) is 0 Å². The fourth-order valence-electron chi connectivity index (χ4n) is 2.39. The van der Waals surface area contributed by atoms with E-state index >= 15 is 0 Å². The molecule has 0 fully saturated rings. The normalized spacial score (nSPS) is 10.7. The molecule has 6 nitrogen and oxygen atoms in total. The highest BCUT2D eigenvalue weighted by Crippen LogP contribution is 2.19. The molecule has 2 aromatic rings. The monoisotopic (exact) mass is 358 g/mol. The number of ether oxygens (including phenoxy) is 1. The van der Waals surface area contributed by atoms with Gasteiger partial charge in [-0.05, 0) is 36.3 Å². The Morgan fingerprint density at radius 1 is 1.31 bits per heavy atom. The van der Waals surface area contributed by atoms with E-state index in [0.29, 0.717) is 17.7 Å². The Labute approximate surface area is 150 Å². The second-order valence-corrected chi connectivity index (χ2v) is 5.51. The number of hydrogen-bond acceptors (Lipinski definition) is 4. The molecule has 0 heterocycles. The van der Waals surface area contributed by atoms with Crippen LogP contribution in [0.3, 0.4) is 0 Å². The van der Waals surface area contributed by atoms with Gasteiger partial charge in [-0.25, -0.2) is 4.39 Å². The zero-order chi connectivity index (χ0) is 19.1. The van der Waals surface area contributed by atoms with Gasteiger partial charge < -0.3 is 9.64 Å². The van der Waals surface area contributed by atoms with E-state index in [2.05, 4.69) is 0 Å². The number of hydrogen-bond donors (Lipinski definition) is 0. The fourth-order valence-corrected chi connectivity index (χ4v) is 2.39. The van der Waals surface area contributed by atoms with E-state index in [1.54, 1.807) is 18.2 Å². The maximum Gasteiger partial charge on any atom is 0.270 e. The van der Waals surface area contributed by atoms with Gasteiger partial charge in [-0.2, -0.15) is 0 Å². The van der Waals surface area contributed by atoms with Gasteiger partial charge >= 0.3 is 0 Å². The van der Waals surface area contributed by atoms with Crippen molar-refractivity contribution in [1.82, 2.24) is 4.90 Å². The van der Waals surface area contributed by atoms with E-state index in [4.69, 9.17) is 4.74 Å². The first-order valence-electron chi connectivity index (χ1n) is 7.98. The van der Waals surface area contributed by atoms with Crippen molar-refractivity contribution in [2.45, 2.75) is 13.5 Å². The van der Waals surface area contributed by atoms with Gasteiger partial charge in [-0.15, -0.1) is 0 Å². The van der Waals surface area contributed by atoms with Gasteiger partial charge in [0, 0.05) is 31.3 Å². The van der Waals surface area contributed by atoms with E-state index in [1.165, 1.54) is 48.4 Å². The third-order valence-corrected chi connectivity index (χ3v) is 3.78. The molecular formula is C19H19FN2O4. The summed E-state index contributed by atoms with van der Waals surface area (Å²) >= 11 is 0. The van der Waals surface area contributed by atoms with Crippen LogP contribution in [-0.4, -0.2) is 29.4 Å². The van der Waals surface area contributed by atoms with Gasteiger partial charge in [-0.1, -0.05) is 18.2 Å². The number of rotatable bonds is 7. The summed E-state index contributed by atoms with van der Waals surface area (Å²) in [5.74, 6) is -0.607. The smallest absolute Gasteiger partial charge is 0.270 e. The first-order chi connectivity index (χ1) is 12.4. The molecule has 0 aliphatic carbocycles. The predicted octanol–water partition coefficient (Wildman–Crippen LogP) is 3.80. The maximum atomic E-state index is 13.8. The van der Waals surface area contributed by atoms with Crippen molar-refractivity contribution in [3.63, 3.8) is 0 Å². The van der Waals surface area contributed by atoms with Crippen LogP contribution in [0.25, 0.3) is 6.08 Å². The SMILES string of the molecule is CCN(Cc1ccc(OC)c(F)c1)C(=O)/C=C/c1cccc([N+](=O)[O-])c1. The van der Waals surface area contributed by atoms with Crippen molar-refractivity contribution < 1.29 is 18.8 Å². The van der Waals surface area contributed by atoms with E-state index in [1.807, 2.05) is 6.92 Å². The van der Waals surface area contributed by atoms with Crippen molar-refractivity contribution in [2.24, 2.45) is 0 Å². The number of nitro benzene ring substituents is 1. The average molecular weight is 358 g/mol. The number of halogens is 1. The molecule has 7 heteroatoms. The van der Waals surface area contributed by atoms with Gasteiger partial charge in [0.1, 0.15) is 0 Å². The summed E-state index contributed by atoms with van der Waals surface area (Å²) in [6.45, 7) is 2.50. The minimum Gasteiger partial charge on any atom is -0.494 e. The molecule has 26 heavy (non-hydrogen) atoms. The fraction of sp³-hybridized carbons (Fsp3) is 0.211. The van der Waals surface area contributed by atoms with Crippen LogP contribution in [0, 0.1) is 15.9 Å². The first kappa shape index (κ1) is 19.1. The molecule has 0 bridgehead atoms. The van der Waals surface area contributed by atoms with Crippen LogP contribution in [0.15, 0.2) is 48.5 Å². The van der Waals surface area contributed by atoms with Gasteiger partial charge in [0.25, 0.3) is 5.69 Å². The van der Waals surface area contributed by atoms with Crippen molar-refractivity contribution in [1.29, 1.82) is 0 Å². The maximum absolute atomic E-state index is 13.8. The lowest BCUT2D eigenvalue weighted by atomic mass is 10.1. The van der Waals surface area contributed by atoms with Crippen LogP contribution in [0.5, 0.6) is 5.75 Å². The molecule has 136 valence electrons. The van der Waals surface area contributed by atoms with Crippen LogP contribution >= 0.6 is 0 Å². The number of nitrogens with zero attached hydrogens (tertiary/aromatic N) is 2. The summed E-state index contributed by atoms with van der Waals surface area (Å²) in [6.07, 6.45) is 2.87. The molecule has 2 aromatic carbocycles. The number of carbonyl (C=O) groups is 1. The molecule has 0 saturated carbocycles. The quantitative estimate of drug-likeness (QED) is 0.429. The lowest BCUT2D eigenvalue weighted by Gasteiger charge is -2.19.